The van der Waals surface area contributed by atoms with Crippen LogP contribution in [0.3, 0.4) is 0 Å². The van der Waals surface area contributed by atoms with Crippen molar-refractivity contribution in [2.75, 3.05) is 5.73 Å². The van der Waals surface area contributed by atoms with Gasteiger partial charge in [0.05, 0.1) is 12.2 Å². The maximum absolute atomic E-state index is 5.74. The summed E-state index contributed by atoms with van der Waals surface area (Å²) in [6.07, 6.45) is 1.67. The molecule has 5 nitrogen and oxygen atoms in total. The summed E-state index contributed by atoms with van der Waals surface area (Å²) in [4.78, 5) is 0. The van der Waals surface area contributed by atoms with Crippen molar-refractivity contribution in [3.05, 3.63) is 47.7 Å². The molecular weight excluding hydrogens is 190 g/mol. The summed E-state index contributed by atoms with van der Waals surface area (Å²) in [7, 11) is 0. The van der Waals surface area contributed by atoms with E-state index in [0.717, 1.165) is 11.1 Å². The topological polar surface area (TPSA) is 92.7 Å². The van der Waals surface area contributed by atoms with Crippen LogP contribution in [0.15, 0.2) is 36.5 Å². The van der Waals surface area contributed by atoms with Crippen LogP contribution >= 0.6 is 0 Å². The lowest BCUT2D eigenvalue weighted by Gasteiger charge is -2.15. The molecule has 0 aliphatic carbocycles. The quantitative estimate of drug-likeness (QED) is 0.433. The van der Waals surface area contributed by atoms with E-state index in [-0.39, 0.29) is 6.04 Å². The minimum Gasteiger partial charge on any atom is -0.384 e. The van der Waals surface area contributed by atoms with E-state index in [4.69, 9.17) is 11.6 Å². The summed E-state index contributed by atoms with van der Waals surface area (Å²) < 4.78 is 0. The van der Waals surface area contributed by atoms with Crippen LogP contribution in [0.1, 0.15) is 17.2 Å². The van der Waals surface area contributed by atoms with Gasteiger partial charge in [0.15, 0.2) is 0 Å². The number of aromatic amines is 1. The summed E-state index contributed by atoms with van der Waals surface area (Å²) in [6.45, 7) is 0. The molecule has 1 heterocycles. The number of nitrogens with two attached hydrogens (primary N) is 2. The highest BCUT2D eigenvalue weighted by Crippen LogP contribution is 2.23. The molecule has 78 valence electrons. The van der Waals surface area contributed by atoms with Gasteiger partial charge in [-0.1, -0.05) is 30.3 Å². The lowest BCUT2D eigenvalue weighted by Crippen LogP contribution is -2.29. The molecule has 0 aliphatic heterocycles. The highest BCUT2D eigenvalue weighted by atomic mass is 15.2. The maximum Gasteiger partial charge on any atom is 0.124 e. The molecule has 6 N–H and O–H groups in total. The number of nitrogen functional groups attached to an aromatic ring is 1. The number of anilines is 1. The smallest absolute Gasteiger partial charge is 0.124 e. The first kappa shape index (κ1) is 9.70. The lowest BCUT2D eigenvalue weighted by molar-refractivity contribution is 0.639. The van der Waals surface area contributed by atoms with Gasteiger partial charge >= 0.3 is 0 Å². The van der Waals surface area contributed by atoms with Crippen molar-refractivity contribution < 1.29 is 0 Å². The van der Waals surface area contributed by atoms with E-state index in [1.54, 1.807) is 6.20 Å². The predicted molar refractivity (Wildman–Crippen MR) is 58.6 cm³/mol. The molecule has 0 aliphatic rings. The Kier molecular flexibility index (Phi) is 2.66. The molecule has 2 aromatic rings. The van der Waals surface area contributed by atoms with Crippen LogP contribution in [0, 0.1) is 0 Å². The third kappa shape index (κ3) is 1.83. The minimum absolute atomic E-state index is 0.134. The molecule has 0 saturated heterocycles. The second-order valence-corrected chi connectivity index (χ2v) is 3.25. The van der Waals surface area contributed by atoms with E-state index in [1.165, 1.54) is 0 Å². The molecule has 0 spiro atoms. The number of aromatic nitrogens is 2. The minimum atomic E-state index is -0.134. The molecule has 1 aromatic heterocycles. The maximum atomic E-state index is 5.74. The Bertz CT molecular complexity index is 422. The molecule has 0 saturated carbocycles. The second kappa shape index (κ2) is 4.12. The van der Waals surface area contributed by atoms with Crippen molar-refractivity contribution in [3.63, 3.8) is 0 Å². The van der Waals surface area contributed by atoms with Gasteiger partial charge in [-0.05, 0) is 5.56 Å². The zero-order valence-electron chi connectivity index (χ0n) is 8.14. The summed E-state index contributed by atoms with van der Waals surface area (Å²) in [5.74, 6) is 6.05. The Labute approximate surface area is 87.5 Å². The first-order chi connectivity index (χ1) is 7.33. The van der Waals surface area contributed by atoms with E-state index in [9.17, 15) is 0 Å². The van der Waals surface area contributed by atoms with E-state index < -0.39 is 0 Å². The molecular formula is C10H13N5. The third-order valence-corrected chi connectivity index (χ3v) is 2.31. The fraction of sp³-hybridized carbons (Fsp3) is 0.100. The Morgan fingerprint density at radius 1 is 1.27 bits per heavy atom. The van der Waals surface area contributed by atoms with E-state index in [2.05, 4.69) is 15.6 Å². The van der Waals surface area contributed by atoms with E-state index in [0.29, 0.717) is 5.82 Å². The SMILES string of the molecule is NNC(c1ccccc1)c1cn[nH]c1N. The average molecular weight is 203 g/mol. The van der Waals surface area contributed by atoms with Crippen LogP contribution in [0.5, 0.6) is 0 Å². The molecule has 2 rings (SSSR count). The van der Waals surface area contributed by atoms with Crippen molar-refractivity contribution in [2.45, 2.75) is 6.04 Å². The van der Waals surface area contributed by atoms with Crippen LogP contribution in [-0.4, -0.2) is 10.2 Å². The number of nitrogens with one attached hydrogen (secondary N) is 2. The Balaban J connectivity index is 2.37. The van der Waals surface area contributed by atoms with E-state index >= 15 is 0 Å². The highest BCUT2D eigenvalue weighted by molar-refractivity contribution is 5.44. The Hall–Kier alpha value is -1.85. The molecule has 15 heavy (non-hydrogen) atoms. The van der Waals surface area contributed by atoms with Gasteiger partial charge in [0, 0.05) is 5.56 Å². The monoisotopic (exact) mass is 203 g/mol. The summed E-state index contributed by atoms with van der Waals surface area (Å²) >= 11 is 0. The normalized spacial score (nSPS) is 12.6. The fourth-order valence-electron chi connectivity index (χ4n) is 1.55. The van der Waals surface area contributed by atoms with Gasteiger partial charge in [0.1, 0.15) is 5.82 Å². The molecule has 1 aromatic carbocycles. The highest BCUT2D eigenvalue weighted by Gasteiger charge is 2.15. The number of hydrogen-bond donors (Lipinski definition) is 4. The molecule has 5 heteroatoms. The van der Waals surface area contributed by atoms with Crippen LogP contribution in [0.4, 0.5) is 5.82 Å². The lowest BCUT2D eigenvalue weighted by atomic mass is 10.0. The van der Waals surface area contributed by atoms with Gasteiger partial charge in [-0.2, -0.15) is 5.10 Å². The number of H-pyrrole nitrogens is 1. The number of hydrazine groups is 1. The Morgan fingerprint density at radius 3 is 2.53 bits per heavy atom. The number of benzene rings is 1. The van der Waals surface area contributed by atoms with Gasteiger partial charge in [-0.25, -0.2) is 5.43 Å². The average Bonchev–Trinajstić information content (AvgIpc) is 2.68. The molecule has 0 amide bonds. The number of hydrogen-bond acceptors (Lipinski definition) is 4. The van der Waals surface area contributed by atoms with Crippen molar-refractivity contribution >= 4 is 5.82 Å². The number of rotatable bonds is 3. The van der Waals surface area contributed by atoms with Crippen molar-refractivity contribution in [3.8, 4) is 0 Å². The largest absolute Gasteiger partial charge is 0.384 e. The zero-order valence-corrected chi connectivity index (χ0v) is 8.14. The van der Waals surface area contributed by atoms with Gasteiger partial charge in [-0.15, -0.1) is 0 Å². The third-order valence-electron chi connectivity index (χ3n) is 2.31. The summed E-state index contributed by atoms with van der Waals surface area (Å²) in [5, 5.41) is 6.56. The fourth-order valence-corrected chi connectivity index (χ4v) is 1.55. The van der Waals surface area contributed by atoms with Gasteiger partial charge in [-0.3, -0.25) is 10.9 Å². The molecule has 1 unspecified atom stereocenters. The molecule has 1 atom stereocenters. The van der Waals surface area contributed by atoms with Crippen LogP contribution < -0.4 is 17.0 Å². The predicted octanol–water partition coefficient (Wildman–Crippen LogP) is 0.545. The van der Waals surface area contributed by atoms with Crippen molar-refractivity contribution in [1.82, 2.24) is 15.6 Å². The van der Waals surface area contributed by atoms with Crippen LogP contribution in [0.25, 0.3) is 0 Å². The van der Waals surface area contributed by atoms with Gasteiger partial charge < -0.3 is 5.73 Å². The molecule has 0 radical (unpaired) electrons. The van der Waals surface area contributed by atoms with Crippen LogP contribution in [0.2, 0.25) is 0 Å². The van der Waals surface area contributed by atoms with Crippen molar-refractivity contribution in [1.29, 1.82) is 0 Å². The zero-order chi connectivity index (χ0) is 10.7. The summed E-state index contributed by atoms with van der Waals surface area (Å²) in [5.41, 5.74) is 10.4. The first-order valence-corrected chi connectivity index (χ1v) is 4.62. The molecule has 0 fully saturated rings. The Morgan fingerprint density at radius 2 is 2.00 bits per heavy atom. The summed E-state index contributed by atoms with van der Waals surface area (Å²) in [6, 6.07) is 9.69. The van der Waals surface area contributed by atoms with Crippen LogP contribution in [-0.2, 0) is 0 Å². The molecule has 0 bridgehead atoms. The number of nitrogens with zero attached hydrogens (tertiary/aromatic N) is 1. The second-order valence-electron chi connectivity index (χ2n) is 3.25. The van der Waals surface area contributed by atoms with E-state index in [1.807, 2.05) is 30.3 Å². The van der Waals surface area contributed by atoms with Gasteiger partial charge in [0.2, 0.25) is 0 Å². The van der Waals surface area contributed by atoms with Gasteiger partial charge in [0.25, 0.3) is 0 Å². The standard InChI is InChI=1S/C10H13N5/c11-10-8(6-13-15-10)9(14-12)7-4-2-1-3-5-7/h1-6,9,14H,12H2,(H3,11,13,15). The first-order valence-electron chi connectivity index (χ1n) is 4.62. The van der Waals surface area contributed by atoms with Crippen molar-refractivity contribution in [2.24, 2.45) is 5.84 Å².